The molecule has 0 fully saturated rings. The number of hydrogen-bond acceptors (Lipinski definition) is 2. The molecule has 0 aromatic heterocycles. The molecule has 17 heavy (non-hydrogen) atoms. The summed E-state index contributed by atoms with van der Waals surface area (Å²) in [5.41, 5.74) is 2.31. The molecule has 0 aliphatic carbocycles. The van der Waals surface area contributed by atoms with Gasteiger partial charge in [-0.25, -0.2) is 0 Å². The molecule has 1 aliphatic rings. The third-order valence-electron chi connectivity index (χ3n) is 2.73. The molecule has 4 heteroatoms. The van der Waals surface area contributed by atoms with Gasteiger partial charge in [-0.15, -0.1) is 0 Å². The van der Waals surface area contributed by atoms with Crippen molar-refractivity contribution in [1.82, 2.24) is 0 Å². The van der Waals surface area contributed by atoms with E-state index in [1.165, 1.54) is 0 Å². The Morgan fingerprint density at radius 3 is 1.76 bits per heavy atom. The van der Waals surface area contributed by atoms with E-state index < -0.39 is 0 Å². The average molecular weight is 217 g/mol. The Labute approximate surface area is 103 Å². The van der Waals surface area contributed by atoms with Gasteiger partial charge in [0.25, 0.3) is 0 Å². The fourth-order valence-corrected chi connectivity index (χ4v) is 1.93. The van der Waals surface area contributed by atoms with E-state index in [0.717, 1.165) is 11.4 Å². The van der Waals surface area contributed by atoms with E-state index in [-0.39, 0.29) is 0 Å². The fraction of sp³-hybridized carbons (Fsp3) is 0. The first-order valence-corrected chi connectivity index (χ1v) is 5.65. The van der Waals surface area contributed by atoms with Gasteiger partial charge in [-0.3, -0.25) is 0 Å². The van der Waals surface area contributed by atoms with Crippen molar-refractivity contribution >= 4 is 31.7 Å². The van der Waals surface area contributed by atoms with Crippen LogP contribution in [0, 0.1) is 0 Å². The fourth-order valence-electron chi connectivity index (χ4n) is 1.93. The van der Waals surface area contributed by atoms with E-state index in [4.69, 9.17) is 0 Å². The molecule has 1 radical (unpaired) electrons. The third kappa shape index (κ3) is 1.98. The van der Waals surface area contributed by atoms with Crippen LogP contribution in [0.25, 0.3) is 0 Å². The maximum atomic E-state index is 2.12. The normalized spacial score (nSPS) is 13.4. The summed E-state index contributed by atoms with van der Waals surface area (Å²) in [6, 6.07) is 20.6. The number of hydrazine groups is 1. The second-order valence-electron chi connectivity index (χ2n) is 3.85. The molecular formula is C13H11B2N2. The zero-order valence-electron chi connectivity index (χ0n) is 9.40. The van der Waals surface area contributed by atoms with Crippen molar-refractivity contribution in [2.24, 2.45) is 0 Å². The van der Waals surface area contributed by atoms with Gasteiger partial charge >= 0.3 is 102 Å². The van der Waals surface area contributed by atoms with Gasteiger partial charge in [0.15, 0.2) is 0 Å². The van der Waals surface area contributed by atoms with E-state index in [2.05, 4.69) is 48.6 Å². The van der Waals surface area contributed by atoms with E-state index in [9.17, 15) is 0 Å². The Balaban J connectivity index is 1.93. The molecule has 2 aromatic carbocycles. The van der Waals surface area contributed by atoms with E-state index in [0.29, 0.717) is 0 Å². The molecule has 0 N–H and O–H groups in total. The molecule has 0 unspecified atom stereocenters. The van der Waals surface area contributed by atoms with Gasteiger partial charge in [0.05, 0.1) is 0 Å². The maximum absolute atomic E-state index is 2.12. The minimum absolute atomic E-state index is 1.15. The number of rotatable bonds is 2. The summed E-state index contributed by atoms with van der Waals surface area (Å²) in [5.74, 6) is 2.04. The SMILES string of the molecule is [B]1C=BN(c2ccccc2)N1c1ccccc1. The number of benzene rings is 2. The Kier molecular flexibility index (Phi) is 2.70. The molecule has 2 aromatic rings. The first kappa shape index (κ1) is 10.2. The molecule has 0 saturated heterocycles. The summed E-state index contributed by atoms with van der Waals surface area (Å²) < 4.78 is 0. The monoisotopic (exact) mass is 217 g/mol. The number of hydrogen-bond donors (Lipinski definition) is 0. The average Bonchev–Trinajstić information content (AvgIpc) is 2.90. The summed E-state index contributed by atoms with van der Waals surface area (Å²) in [4.78, 5) is 4.24. The minimum atomic E-state index is 1.15. The summed E-state index contributed by atoms with van der Waals surface area (Å²) in [6.45, 7) is 0. The van der Waals surface area contributed by atoms with Gasteiger partial charge in [0, 0.05) is 0 Å². The molecule has 0 bridgehead atoms. The van der Waals surface area contributed by atoms with Crippen molar-refractivity contribution < 1.29 is 0 Å². The summed E-state index contributed by atoms with van der Waals surface area (Å²) in [6.07, 6.45) is 0. The van der Waals surface area contributed by atoms with E-state index in [1.54, 1.807) is 0 Å². The van der Waals surface area contributed by atoms with Gasteiger partial charge in [-0.1, -0.05) is 0 Å². The summed E-state index contributed by atoms with van der Waals surface area (Å²) in [5, 5.41) is 0. The van der Waals surface area contributed by atoms with Crippen molar-refractivity contribution in [2.45, 2.75) is 0 Å². The molecule has 0 saturated carbocycles. The molecule has 2 nitrogen and oxygen atoms in total. The first-order valence-electron chi connectivity index (χ1n) is 5.65. The number of para-hydroxylation sites is 2. The quantitative estimate of drug-likeness (QED) is 0.709. The van der Waals surface area contributed by atoms with Gasteiger partial charge in [-0.2, -0.15) is 0 Å². The van der Waals surface area contributed by atoms with Crippen LogP contribution in [-0.4, -0.2) is 20.3 Å². The van der Waals surface area contributed by atoms with E-state index in [1.807, 2.05) is 42.3 Å². The van der Waals surface area contributed by atoms with Crippen LogP contribution >= 0.6 is 0 Å². The van der Waals surface area contributed by atoms with Crippen molar-refractivity contribution in [1.29, 1.82) is 0 Å². The van der Waals surface area contributed by atoms with Crippen LogP contribution in [0.1, 0.15) is 0 Å². The van der Waals surface area contributed by atoms with E-state index >= 15 is 0 Å². The predicted molar refractivity (Wildman–Crippen MR) is 75.4 cm³/mol. The Bertz CT molecular complexity index is 513. The zero-order chi connectivity index (χ0) is 11.5. The third-order valence-corrected chi connectivity index (χ3v) is 2.73. The van der Waals surface area contributed by atoms with Crippen LogP contribution in [0.3, 0.4) is 0 Å². The zero-order valence-corrected chi connectivity index (χ0v) is 9.40. The van der Waals surface area contributed by atoms with Crippen LogP contribution in [0.15, 0.2) is 60.7 Å². The van der Waals surface area contributed by atoms with Crippen LogP contribution < -0.4 is 9.84 Å². The number of anilines is 2. The van der Waals surface area contributed by atoms with Gasteiger partial charge in [0.2, 0.25) is 0 Å². The standard InChI is InChI=1S/C13H11B2N2/c1-3-7-12(8-4-1)16-14-11-15-17(16)13-9-5-2-6-10-13/h1-11H. The van der Waals surface area contributed by atoms with Gasteiger partial charge < -0.3 is 0 Å². The van der Waals surface area contributed by atoms with Gasteiger partial charge in [-0.05, 0) is 0 Å². The number of nitrogens with zero attached hydrogens (tertiary/aromatic N) is 2. The molecule has 0 spiro atoms. The predicted octanol–water partition coefficient (Wildman–Crippen LogP) is 1.93. The molecule has 0 amide bonds. The van der Waals surface area contributed by atoms with Crippen molar-refractivity contribution in [2.75, 3.05) is 9.84 Å². The second kappa shape index (κ2) is 4.50. The summed E-state index contributed by atoms with van der Waals surface area (Å²) >= 11 is 0. The Hall–Kier alpha value is -1.96. The summed E-state index contributed by atoms with van der Waals surface area (Å²) in [7, 11) is 4.12. The Morgan fingerprint density at radius 2 is 1.18 bits per heavy atom. The van der Waals surface area contributed by atoms with Crippen molar-refractivity contribution in [3.8, 4) is 0 Å². The van der Waals surface area contributed by atoms with Crippen LogP contribution in [0.4, 0.5) is 11.4 Å². The van der Waals surface area contributed by atoms with Crippen LogP contribution in [-0.2, 0) is 0 Å². The molecular weight excluding hydrogens is 206 g/mol. The second-order valence-corrected chi connectivity index (χ2v) is 3.85. The van der Waals surface area contributed by atoms with Crippen LogP contribution in [0.5, 0.6) is 0 Å². The Morgan fingerprint density at radius 1 is 0.647 bits per heavy atom. The van der Waals surface area contributed by atoms with Crippen molar-refractivity contribution in [3.63, 3.8) is 0 Å². The van der Waals surface area contributed by atoms with Crippen LogP contribution in [0.2, 0.25) is 0 Å². The molecule has 79 valence electrons. The molecule has 3 rings (SSSR count). The molecule has 1 heterocycles. The van der Waals surface area contributed by atoms with Crippen molar-refractivity contribution in [3.05, 3.63) is 60.7 Å². The first-order chi connectivity index (χ1) is 8.45. The molecule has 1 aliphatic heterocycles. The van der Waals surface area contributed by atoms with Gasteiger partial charge in [0.1, 0.15) is 0 Å². The topological polar surface area (TPSA) is 6.48 Å². The molecule has 0 atom stereocenters.